The summed E-state index contributed by atoms with van der Waals surface area (Å²) >= 11 is 0. The molecule has 1 aromatic heterocycles. The molecule has 0 saturated carbocycles. The molecular formula is C17H28NO5P. The van der Waals surface area contributed by atoms with Crippen LogP contribution in [0.15, 0.2) is 24.5 Å². The normalized spacial score (nSPS) is 12.9. The Balaban J connectivity index is 2.38. The summed E-state index contributed by atoms with van der Waals surface area (Å²) in [5, 5.41) is 9.37. The first kappa shape index (κ1) is 20.8. The number of aliphatic carboxylic acids is 1. The molecule has 7 heteroatoms. The minimum atomic E-state index is -3.60. The second-order valence-electron chi connectivity index (χ2n) is 5.54. The van der Waals surface area contributed by atoms with E-state index in [2.05, 4.69) is 4.98 Å². The summed E-state index contributed by atoms with van der Waals surface area (Å²) < 4.78 is 23.0. The number of carboxylic acid groups (broad SMARTS) is 1. The number of nitrogens with zero attached hydrogens (tertiary/aromatic N) is 1. The van der Waals surface area contributed by atoms with Crippen molar-refractivity contribution in [3.63, 3.8) is 0 Å². The highest BCUT2D eigenvalue weighted by molar-refractivity contribution is 7.55. The number of carboxylic acids is 1. The molecule has 0 unspecified atom stereocenters. The molecule has 0 spiro atoms. The van der Waals surface area contributed by atoms with E-state index < -0.39 is 19.2 Å². The maximum absolute atomic E-state index is 12.6. The van der Waals surface area contributed by atoms with Gasteiger partial charge in [0, 0.05) is 12.4 Å². The van der Waals surface area contributed by atoms with Gasteiger partial charge in [-0.2, -0.15) is 0 Å². The molecule has 0 aliphatic rings. The van der Waals surface area contributed by atoms with Crippen molar-refractivity contribution < 1.29 is 23.5 Å². The van der Waals surface area contributed by atoms with E-state index in [1.807, 2.05) is 18.3 Å². The second-order valence-corrected chi connectivity index (χ2v) is 7.76. The van der Waals surface area contributed by atoms with Gasteiger partial charge in [0.05, 0.1) is 13.2 Å². The van der Waals surface area contributed by atoms with Crippen LogP contribution in [0.25, 0.3) is 0 Å². The summed E-state index contributed by atoms with van der Waals surface area (Å²) in [5.74, 6) is -1.12. The van der Waals surface area contributed by atoms with Crippen molar-refractivity contribution in [1.82, 2.24) is 4.98 Å². The number of carbonyl (C=O) groups is 1. The van der Waals surface area contributed by atoms with Gasteiger partial charge in [-0.05, 0) is 44.7 Å². The SMILES string of the molecule is CCOP(=O)(OCC)[C@H](CCCCCCc1cccnc1)C(=O)O. The molecule has 1 N–H and O–H groups in total. The molecule has 0 amide bonds. The highest BCUT2D eigenvalue weighted by atomic mass is 31.2. The lowest BCUT2D eigenvalue weighted by Gasteiger charge is -2.23. The molecule has 6 nitrogen and oxygen atoms in total. The van der Waals surface area contributed by atoms with Crippen LogP contribution in [0.3, 0.4) is 0 Å². The Morgan fingerprint density at radius 3 is 2.42 bits per heavy atom. The summed E-state index contributed by atoms with van der Waals surface area (Å²) in [6.07, 6.45) is 8.49. The standard InChI is InChI=1S/C17H28NO5P/c1-3-22-24(21,23-4-2)16(17(19)20)12-8-6-5-7-10-15-11-9-13-18-14-15/h9,11,13-14,16H,3-8,10,12H2,1-2H3,(H,19,20)/t16-/m1/s1. The largest absolute Gasteiger partial charge is 0.481 e. The van der Waals surface area contributed by atoms with Crippen LogP contribution in [0.2, 0.25) is 0 Å². The van der Waals surface area contributed by atoms with Gasteiger partial charge < -0.3 is 14.2 Å². The van der Waals surface area contributed by atoms with E-state index in [1.165, 1.54) is 5.56 Å². The van der Waals surface area contributed by atoms with Crippen LogP contribution in [-0.2, 0) is 24.8 Å². The van der Waals surface area contributed by atoms with Gasteiger partial charge in [0.2, 0.25) is 0 Å². The summed E-state index contributed by atoms with van der Waals surface area (Å²) in [4.78, 5) is 15.5. The van der Waals surface area contributed by atoms with Gasteiger partial charge in [-0.25, -0.2) is 0 Å². The van der Waals surface area contributed by atoms with E-state index in [9.17, 15) is 14.5 Å². The Labute approximate surface area is 144 Å². The monoisotopic (exact) mass is 357 g/mol. The smallest absolute Gasteiger partial charge is 0.344 e. The Hall–Kier alpha value is -1.23. The van der Waals surface area contributed by atoms with Gasteiger partial charge >= 0.3 is 13.6 Å². The lowest BCUT2D eigenvalue weighted by molar-refractivity contribution is -0.137. The van der Waals surface area contributed by atoms with Gasteiger partial charge in [0.1, 0.15) is 0 Å². The molecule has 0 fully saturated rings. The van der Waals surface area contributed by atoms with Crippen molar-refractivity contribution in [1.29, 1.82) is 0 Å². The molecule has 1 rings (SSSR count). The predicted octanol–water partition coefficient (Wildman–Crippen LogP) is 4.29. The molecule has 0 saturated heterocycles. The van der Waals surface area contributed by atoms with E-state index >= 15 is 0 Å². The molecule has 0 aliphatic heterocycles. The van der Waals surface area contributed by atoms with Crippen molar-refractivity contribution in [2.75, 3.05) is 13.2 Å². The first-order valence-corrected chi connectivity index (χ1v) is 10.1. The van der Waals surface area contributed by atoms with Crippen LogP contribution in [0.4, 0.5) is 0 Å². The van der Waals surface area contributed by atoms with Crippen LogP contribution in [0.5, 0.6) is 0 Å². The number of hydrogen-bond acceptors (Lipinski definition) is 5. The minimum Gasteiger partial charge on any atom is -0.481 e. The van der Waals surface area contributed by atoms with Crippen molar-refractivity contribution >= 4 is 13.6 Å². The number of pyridine rings is 1. The Morgan fingerprint density at radius 2 is 1.88 bits per heavy atom. The fourth-order valence-electron chi connectivity index (χ4n) is 2.56. The van der Waals surface area contributed by atoms with Crippen molar-refractivity contribution in [2.45, 2.75) is 58.0 Å². The summed E-state index contributed by atoms with van der Waals surface area (Å²) in [6.45, 7) is 3.71. The Bertz CT molecular complexity index is 513. The third-order valence-corrected chi connectivity index (χ3v) is 6.18. The van der Waals surface area contributed by atoms with E-state index in [1.54, 1.807) is 20.0 Å². The van der Waals surface area contributed by atoms with Gasteiger partial charge in [-0.15, -0.1) is 0 Å². The highest BCUT2D eigenvalue weighted by Crippen LogP contribution is 2.54. The average Bonchev–Trinajstić information content (AvgIpc) is 2.55. The zero-order chi connectivity index (χ0) is 17.8. The highest BCUT2D eigenvalue weighted by Gasteiger charge is 2.40. The number of unbranched alkanes of at least 4 members (excludes halogenated alkanes) is 3. The van der Waals surface area contributed by atoms with Crippen LogP contribution in [0, 0.1) is 0 Å². The van der Waals surface area contributed by atoms with E-state index in [0.717, 1.165) is 25.7 Å². The lowest BCUT2D eigenvalue weighted by Crippen LogP contribution is -2.23. The van der Waals surface area contributed by atoms with Gasteiger partial charge in [0.15, 0.2) is 5.66 Å². The van der Waals surface area contributed by atoms with E-state index in [0.29, 0.717) is 12.8 Å². The minimum absolute atomic E-state index is 0.173. The van der Waals surface area contributed by atoms with Crippen LogP contribution in [-0.4, -0.2) is 34.9 Å². The number of aromatic nitrogens is 1. The average molecular weight is 357 g/mol. The molecule has 136 valence electrons. The number of aryl methyl sites for hydroxylation is 1. The molecule has 0 radical (unpaired) electrons. The second kappa shape index (κ2) is 11.3. The quantitative estimate of drug-likeness (QED) is 0.418. The third kappa shape index (κ3) is 7.12. The summed E-state index contributed by atoms with van der Waals surface area (Å²) in [6, 6.07) is 3.97. The molecule has 1 heterocycles. The number of hydrogen-bond donors (Lipinski definition) is 1. The molecule has 0 bridgehead atoms. The first-order chi connectivity index (χ1) is 11.5. The lowest BCUT2D eigenvalue weighted by atomic mass is 10.1. The molecular weight excluding hydrogens is 329 g/mol. The van der Waals surface area contributed by atoms with E-state index in [-0.39, 0.29) is 13.2 Å². The maximum Gasteiger partial charge on any atom is 0.344 e. The molecule has 0 aliphatic carbocycles. The molecule has 1 aromatic rings. The fourth-order valence-corrected chi connectivity index (χ4v) is 4.48. The zero-order valence-corrected chi connectivity index (χ0v) is 15.4. The maximum atomic E-state index is 12.6. The fraction of sp³-hybridized carbons (Fsp3) is 0.647. The zero-order valence-electron chi connectivity index (χ0n) is 14.5. The molecule has 24 heavy (non-hydrogen) atoms. The van der Waals surface area contributed by atoms with Gasteiger partial charge in [0.25, 0.3) is 0 Å². The molecule has 0 aromatic carbocycles. The molecule has 1 atom stereocenters. The number of rotatable bonds is 13. The Kier molecular flexibility index (Phi) is 9.84. The first-order valence-electron chi connectivity index (χ1n) is 8.54. The summed E-state index contributed by atoms with van der Waals surface area (Å²) in [5.41, 5.74) is 0.119. The van der Waals surface area contributed by atoms with Crippen molar-refractivity contribution in [3.05, 3.63) is 30.1 Å². The van der Waals surface area contributed by atoms with Crippen LogP contribution in [0.1, 0.15) is 51.5 Å². The van der Waals surface area contributed by atoms with Gasteiger partial charge in [-0.1, -0.05) is 25.3 Å². The van der Waals surface area contributed by atoms with Crippen LogP contribution >= 0.6 is 7.60 Å². The summed E-state index contributed by atoms with van der Waals surface area (Å²) in [7, 11) is -3.60. The Morgan fingerprint density at radius 1 is 1.21 bits per heavy atom. The van der Waals surface area contributed by atoms with Crippen molar-refractivity contribution in [2.24, 2.45) is 0 Å². The third-order valence-electron chi connectivity index (χ3n) is 3.70. The van der Waals surface area contributed by atoms with Crippen molar-refractivity contribution in [3.8, 4) is 0 Å². The van der Waals surface area contributed by atoms with Gasteiger partial charge in [-0.3, -0.25) is 14.3 Å². The predicted molar refractivity (Wildman–Crippen MR) is 93.3 cm³/mol. The van der Waals surface area contributed by atoms with E-state index in [4.69, 9.17) is 9.05 Å². The van der Waals surface area contributed by atoms with Crippen LogP contribution < -0.4 is 0 Å². The topological polar surface area (TPSA) is 85.7 Å².